The second-order valence-corrected chi connectivity index (χ2v) is 4.65. The first kappa shape index (κ1) is 21.5. The minimum Gasteiger partial charge on any atom is -0.354 e. The van der Waals surface area contributed by atoms with Gasteiger partial charge in [-0.2, -0.15) is 0 Å². The number of guanidine groups is 1. The quantitative estimate of drug-likeness (QED) is 0.283. The van der Waals surface area contributed by atoms with Crippen LogP contribution in [0, 0.1) is 17.5 Å². The monoisotopic (exact) mass is 444 g/mol. The maximum Gasteiger partial charge on any atom is 0.243 e. The van der Waals surface area contributed by atoms with Crippen molar-refractivity contribution in [2.24, 2.45) is 4.99 Å². The van der Waals surface area contributed by atoms with Gasteiger partial charge in [0.1, 0.15) is 0 Å². The third kappa shape index (κ3) is 6.63. The Morgan fingerprint density at radius 2 is 1.91 bits per heavy atom. The molecule has 0 heterocycles. The van der Waals surface area contributed by atoms with E-state index in [0.29, 0.717) is 5.96 Å². The molecule has 0 fully saturated rings. The van der Waals surface area contributed by atoms with Crippen molar-refractivity contribution in [3.05, 3.63) is 29.6 Å². The van der Waals surface area contributed by atoms with Crippen molar-refractivity contribution in [2.45, 2.75) is 26.3 Å². The molecule has 0 aliphatic carbocycles. The predicted octanol–water partition coefficient (Wildman–Crippen LogP) is 2.62. The molecule has 0 radical (unpaired) electrons. The van der Waals surface area contributed by atoms with Gasteiger partial charge in [0.25, 0.3) is 0 Å². The van der Waals surface area contributed by atoms with E-state index in [4.69, 9.17) is 0 Å². The van der Waals surface area contributed by atoms with Crippen LogP contribution in [0.5, 0.6) is 0 Å². The van der Waals surface area contributed by atoms with Crippen molar-refractivity contribution in [1.29, 1.82) is 0 Å². The van der Waals surface area contributed by atoms with Gasteiger partial charge >= 0.3 is 0 Å². The summed E-state index contributed by atoms with van der Waals surface area (Å²) in [5, 5.41) is 7.93. The van der Waals surface area contributed by atoms with Crippen molar-refractivity contribution < 1.29 is 18.0 Å². The normalized spacial score (nSPS) is 12.2. The highest BCUT2D eigenvalue weighted by molar-refractivity contribution is 14.0. The van der Waals surface area contributed by atoms with Gasteiger partial charge in [-0.3, -0.25) is 9.79 Å². The summed E-state index contributed by atoms with van der Waals surface area (Å²) in [4.78, 5) is 15.6. The summed E-state index contributed by atoms with van der Waals surface area (Å²) >= 11 is 0. The van der Waals surface area contributed by atoms with Gasteiger partial charge in [0.2, 0.25) is 5.91 Å². The summed E-state index contributed by atoms with van der Waals surface area (Å²) in [6.45, 7) is 3.74. The van der Waals surface area contributed by atoms with E-state index in [1.807, 2.05) is 13.8 Å². The number of carbonyl (C=O) groups is 1. The molecule has 1 unspecified atom stereocenters. The van der Waals surface area contributed by atoms with E-state index >= 15 is 0 Å². The first-order chi connectivity index (χ1) is 10.4. The lowest BCUT2D eigenvalue weighted by molar-refractivity contribution is -0.115. The van der Waals surface area contributed by atoms with Gasteiger partial charge in [0.15, 0.2) is 23.4 Å². The molecule has 0 saturated heterocycles. The van der Waals surface area contributed by atoms with Crippen LogP contribution in [0.3, 0.4) is 0 Å². The number of carbonyl (C=O) groups excluding carboxylic acids is 1. The lowest BCUT2D eigenvalue weighted by Crippen LogP contribution is -2.44. The van der Waals surface area contributed by atoms with Crippen molar-refractivity contribution >= 4 is 41.5 Å². The van der Waals surface area contributed by atoms with Crippen LogP contribution in [0.15, 0.2) is 17.1 Å². The second-order valence-electron chi connectivity index (χ2n) is 4.65. The maximum absolute atomic E-state index is 13.4. The molecular formula is C14H20F3IN4O. The number of hydrogen-bond donors (Lipinski definition) is 3. The number of benzene rings is 1. The van der Waals surface area contributed by atoms with Crippen LogP contribution in [-0.4, -0.2) is 31.5 Å². The maximum atomic E-state index is 13.4. The molecule has 0 aliphatic rings. The molecule has 0 aliphatic heterocycles. The lowest BCUT2D eigenvalue weighted by Gasteiger charge is -2.16. The third-order valence-electron chi connectivity index (χ3n) is 2.94. The summed E-state index contributed by atoms with van der Waals surface area (Å²) in [6, 6.07) is 1.86. The van der Waals surface area contributed by atoms with E-state index in [1.165, 1.54) is 0 Å². The Bertz CT molecular complexity index is 569. The molecule has 1 aromatic rings. The Morgan fingerprint density at radius 3 is 2.48 bits per heavy atom. The van der Waals surface area contributed by atoms with E-state index in [2.05, 4.69) is 20.9 Å². The zero-order valence-corrected chi connectivity index (χ0v) is 15.4. The highest BCUT2D eigenvalue weighted by Crippen LogP contribution is 2.19. The molecule has 130 valence electrons. The SMILES string of the molecule is CCC(C)NC(=NC)NCC(=O)Nc1ccc(F)c(F)c1F.I. The summed E-state index contributed by atoms with van der Waals surface area (Å²) < 4.78 is 39.3. The van der Waals surface area contributed by atoms with E-state index in [0.717, 1.165) is 18.6 Å². The first-order valence-electron chi connectivity index (χ1n) is 6.79. The van der Waals surface area contributed by atoms with Gasteiger partial charge in [-0.25, -0.2) is 13.2 Å². The topological polar surface area (TPSA) is 65.5 Å². The number of hydrogen-bond acceptors (Lipinski definition) is 2. The largest absolute Gasteiger partial charge is 0.354 e. The third-order valence-corrected chi connectivity index (χ3v) is 2.94. The fourth-order valence-corrected chi connectivity index (χ4v) is 1.51. The molecule has 1 atom stereocenters. The van der Waals surface area contributed by atoms with Crippen LogP contribution in [-0.2, 0) is 4.79 Å². The highest BCUT2D eigenvalue weighted by Gasteiger charge is 2.15. The van der Waals surface area contributed by atoms with E-state index in [1.54, 1.807) is 7.05 Å². The van der Waals surface area contributed by atoms with Gasteiger partial charge in [-0.15, -0.1) is 24.0 Å². The Hall–Kier alpha value is -1.52. The predicted molar refractivity (Wildman–Crippen MR) is 94.6 cm³/mol. The van der Waals surface area contributed by atoms with Gasteiger partial charge in [-0.1, -0.05) is 6.92 Å². The fraction of sp³-hybridized carbons (Fsp3) is 0.429. The Balaban J connectivity index is 0.00000484. The number of amides is 1. The van der Waals surface area contributed by atoms with E-state index in [9.17, 15) is 18.0 Å². The summed E-state index contributed by atoms with van der Waals surface area (Å²) in [5.41, 5.74) is -0.421. The van der Waals surface area contributed by atoms with Gasteiger partial charge in [-0.05, 0) is 25.5 Å². The van der Waals surface area contributed by atoms with Crippen molar-refractivity contribution in [3.8, 4) is 0 Å². The molecule has 1 rings (SSSR count). The molecule has 9 heteroatoms. The lowest BCUT2D eigenvalue weighted by atomic mass is 10.2. The average Bonchev–Trinajstić information content (AvgIpc) is 2.51. The number of nitrogens with zero attached hydrogens (tertiary/aromatic N) is 1. The van der Waals surface area contributed by atoms with Crippen molar-refractivity contribution in [3.63, 3.8) is 0 Å². The molecule has 23 heavy (non-hydrogen) atoms. The molecule has 1 amide bonds. The minimum absolute atomic E-state index is 0. The minimum atomic E-state index is -1.62. The van der Waals surface area contributed by atoms with Crippen LogP contribution >= 0.6 is 24.0 Å². The number of anilines is 1. The zero-order chi connectivity index (χ0) is 16.7. The number of rotatable bonds is 5. The molecular weight excluding hydrogens is 424 g/mol. The molecule has 0 spiro atoms. The van der Waals surface area contributed by atoms with Crippen LogP contribution < -0.4 is 16.0 Å². The molecule has 5 nitrogen and oxygen atoms in total. The summed E-state index contributed by atoms with van der Waals surface area (Å²) in [7, 11) is 1.55. The van der Waals surface area contributed by atoms with Crippen LogP contribution in [0.25, 0.3) is 0 Å². The Morgan fingerprint density at radius 1 is 1.26 bits per heavy atom. The number of aliphatic imine (C=N–C) groups is 1. The average molecular weight is 444 g/mol. The standard InChI is InChI=1S/C14H19F3N4O.HI/c1-4-8(2)20-14(18-3)19-7-11(22)21-10-6-5-9(15)12(16)13(10)17;/h5-6,8H,4,7H2,1-3H3,(H,21,22)(H2,18,19,20);1H. The molecule has 3 N–H and O–H groups in total. The fourth-order valence-electron chi connectivity index (χ4n) is 1.51. The number of nitrogens with one attached hydrogen (secondary N) is 3. The number of halogens is 4. The Kier molecular flexibility index (Phi) is 9.61. The van der Waals surface area contributed by atoms with E-state index < -0.39 is 29.0 Å². The highest BCUT2D eigenvalue weighted by atomic mass is 127. The van der Waals surface area contributed by atoms with Gasteiger partial charge < -0.3 is 16.0 Å². The van der Waals surface area contributed by atoms with Crippen molar-refractivity contribution in [2.75, 3.05) is 18.9 Å². The molecule has 0 bridgehead atoms. The zero-order valence-electron chi connectivity index (χ0n) is 13.0. The van der Waals surface area contributed by atoms with Crippen LogP contribution in [0.2, 0.25) is 0 Å². The first-order valence-corrected chi connectivity index (χ1v) is 6.79. The summed E-state index contributed by atoms with van der Waals surface area (Å²) in [6.07, 6.45) is 0.868. The molecule has 0 saturated carbocycles. The smallest absolute Gasteiger partial charge is 0.243 e. The van der Waals surface area contributed by atoms with Gasteiger partial charge in [0, 0.05) is 13.1 Å². The van der Waals surface area contributed by atoms with E-state index in [-0.39, 0.29) is 36.6 Å². The van der Waals surface area contributed by atoms with Crippen molar-refractivity contribution in [1.82, 2.24) is 10.6 Å². The Labute approximate surface area is 150 Å². The van der Waals surface area contributed by atoms with Crippen LogP contribution in [0.4, 0.5) is 18.9 Å². The summed E-state index contributed by atoms with van der Waals surface area (Å²) in [5.74, 6) is -4.57. The second kappa shape index (κ2) is 10.3. The molecule has 0 aromatic heterocycles. The molecule has 1 aromatic carbocycles. The van der Waals surface area contributed by atoms with Crippen LogP contribution in [0.1, 0.15) is 20.3 Å². The van der Waals surface area contributed by atoms with Gasteiger partial charge in [0.05, 0.1) is 12.2 Å².